The van der Waals surface area contributed by atoms with Crippen molar-refractivity contribution in [2.45, 2.75) is 52.4 Å². The molecule has 0 aliphatic rings. The van der Waals surface area contributed by atoms with E-state index in [1.165, 1.54) is 41.5 Å². The Kier molecular flexibility index (Phi) is 5.86. The molecule has 0 saturated carbocycles. The van der Waals surface area contributed by atoms with E-state index in [0.717, 1.165) is 19.3 Å². The maximum absolute atomic E-state index is 9.79. The molecule has 0 aliphatic heterocycles. The van der Waals surface area contributed by atoms with Gasteiger partial charge in [0.25, 0.3) is 0 Å². The van der Waals surface area contributed by atoms with Crippen molar-refractivity contribution < 1.29 is 5.11 Å². The first-order valence-electron chi connectivity index (χ1n) is 8.16. The fourth-order valence-corrected chi connectivity index (χ4v) is 2.79. The maximum atomic E-state index is 9.79. The molecule has 2 rings (SSSR count). The molecular weight excluding hydrogens is 256 g/mol. The molecular formula is C20H26O. The number of rotatable bonds is 7. The molecule has 1 heteroatoms. The summed E-state index contributed by atoms with van der Waals surface area (Å²) < 4.78 is 0. The van der Waals surface area contributed by atoms with E-state index in [9.17, 15) is 5.11 Å². The van der Waals surface area contributed by atoms with Crippen LogP contribution in [0.5, 0.6) is 5.75 Å². The fraction of sp³-hybridized carbons (Fsp3) is 0.400. The lowest BCUT2D eigenvalue weighted by Gasteiger charge is -2.14. The number of unbranched alkanes of at least 4 members (excludes halogenated alkanes) is 2. The highest BCUT2D eigenvalue weighted by atomic mass is 16.3. The second-order valence-electron chi connectivity index (χ2n) is 5.71. The van der Waals surface area contributed by atoms with E-state index in [0.29, 0.717) is 5.75 Å². The summed E-state index contributed by atoms with van der Waals surface area (Å²) in [5.74, 6) is 0.371. The van der Waals surface area contributed by atoms with E-state index in [-0.39, 0.29) is 0 Å². The average Bonchev–Trinajstić information content (AvgIpc) is 2.51. The third-order valence-corrected chi connectivity index (χ3v) is 4.00. The second-order valence-corrected chi connectivity index (χ2v) is 5.71. The largest absolute Gasteiger partial charge is 0.508 e. The molecule has 0 atom stereocenters. The van der Waals surface area contributed by atoms with Crippen molar-refractivity contribution in [2.24, 2.45) is 0 Å². The third-order valence-electron chi connectivity index (χ3n) is 4.00. The number of hydrogen-bond acceptors (Lipinski definition) is 1. The van der Waals surface area contributed by atoms with Gasteiger partial charge in [0, 0.05) is 0 Å². The van der Waals surface area contributed by atoms with Crippen LogP contribution in [0.4, 0.5) is 0 Å². The van der Waals surface area contributed by atoms with Gasteiger partial charge in [0.15, 0.2) is 0 Å². The Morgan fingerprint density at radius 1 is 0.762 bits per heavy atom. The minimum Gasteiger partial charge on any atom is -0.508 e. The van der Waals surface area contributed by atoms with Gasteiger partial charge < -0.3 is 5.11 Å². The van der Waals surface area contributed by atoms with E-state index in [4.69, 9.17) is 0 Å². The molecule has 0 aliphatic carbocycles. The summed E-state index contributed by atoms with van der Waals surface area (Å²) in [4.78, 5) is 0. The van der Waals surface area contributed by atoms with Gasteiger partial charge in [-0.2, -0.15) is 0 Å². The van der Waals surface area contributed by atoms with Crippen LogP contribution in [0.1, 0.15) is 50.7 Å². The molecule has 112 valence electrons. The molecule has 1 nitrogen and oxygen atoms in total. The molecule has 21 heavy (non-hydrogen) atoms. The van der Waals surface area contributed by atoms with Crippen molar-refractivity contribution in [1.82, 2.24) is 0 Å². The molecule has 1 N–H and O–H groups in total. The van der Waals surface area contributed by atoms with Crippen LogP contribution in [-0.2, 0) is 12.8 Å². The van der Waals surface area contributed by atoms with E-state index in [2.05, 4.69) is 44.2 Å². The van der Waals surface area contributed by atoms with Crippen molar-refractivity contribution in [1.29, 1.82) is 0 Å². The number of aromatic hydroxyl groups is 1. The molecule has 0 spiro atoms. The minimum atomic E-state index is 0.371. The van der Waals surface area contributed by atoms with Crippen LogP contribution in [0.2, 0.25) is 0 Å². The first kappa shape index (κ1) is 15.6. The van der Waals surface area contributed by atoms with Gasteiger partial charge in [0.05, 0.1) is 0 Å². The lowest BCUT2D eigenvalue weighted by atomic mass is 9.91. The molecule has 0 unspecified atom stereocenters. The highest BCUT2D eigenvalue weighted by Crippen LogP contribution is 2.31. The van der Waals surface area contributed by atoms with Crippen molar-refractivity contribution in [3.63, 3.8) is 0 Å². The lowest BCUT2D eigenvalue weighted by molar-refractivity contribution is 0.474. The topological polar surface area (TPSA) is 20.2 Å². The summed E-state index contributed by atoms with van der Waals surface area (Å²) in [6.45, 7) is 4.44. The molecule has 0 saturated heterocycles. The first-order chi connectivity index (χ1) is 10.3. The summed E-state index contributed by atoms with van der Waals surface area (Å²) in [6.07, 6.45) is 6.93. The molecule has 0 bridgehead atoms. The molecule has 0 heterocycles. The van der Waals surface area contributed by atoms with E-state index in [1.807, 2.05) is 6.07 Å². The summed E-state index contributed by atoms with van der Waals surface area (Å²) in [7, 11) is 0. The zero-order valence-corrected chi connectivity index (χ0v) is 13.2. The monoisotopic (exact) mass is 282 g/mol. The van der Waals surface area contributed by atoms with Gasteiger partial charge in [0.1, 0.15) is 5.75 Å². The number of phenolic OH excluding ortho intramolecular Hbond substituents is 1. The van der Waals surface area contributed by atoms with Gasteiger partial charge >= 0.3 is 0 Å². The predicted octanol–water partition coefficient (Wildman–Crippen LogP) is 5.74. The lowest BCUT2D eigenvalue weighted by Crippen LogP contribution is -1.95. The van der Waals surface area contributed by atoms with E-state index < -0.39 is 0 Å². The molecule has 0 radical (unpaired) electrons. The number of aryl methyl sites for hydroxylation is 2. The SMILES string of the molecule is CCCCc1ccccc1-c1ccc(O)cc1CCCC. The number of benzene rings is 2. The second kappa shape index (κ2) is 7.87. The predicted molar refractivity (Wildman–Crippen MR) is 90.8 cm³/mol. The van der Waals surface area contributed by atoms with Crippen LogP contribution in [0, 0.1) is 0 Å². The standard InChI is InChI=1S/C20H26O/c1-3-5-9-16-11-7-8-12-19(16)20-14-13-18(21)15-17(20)10-6-4-2/h7-8,11-15,21H,3-6,9-10H2,1-2H3. The van der Waals surface area contributed by atoms with Gasteiger partial charge in [-0.3, -0.25) is 0 Å². The fourth-order valence-electron chi connectivity index (χ4n) is 2.79. The Hall–Kier alpha value is -1.76. The maximum Gasteiger partial charge on any atom is 0.115 e. The van der Waals surface area contributed by atoms with Gasteiger partial charge in [-0.1, -0.05) is 57.0 Å². The van der Waals surface area contributed by atoms with Crippen LogP contribution in [0.25, 0.3) is 11.1 Å². The zero-order valence-electron chi connectivity index (χ0n) is 13.2. The highest BCUT2D eigenvalue weighted by Gasteiger charge is 2.10. The zero-order chi connectivity index (χ0) is 15.1. The van der Waals surface area contributed by atoms with Gasteiger partial charge in [-0.25, -0.2) is 0 Å². The van der Waals surface area contributed by atoms with Crippen LogP contribution in [-0.4, -0.2) is 5.11 Å². The molecule has 0 aromatic heterocycles. The van der Waals surface area contributed by atoms with Crippen molar-refractivity contribution in [3.05, 3.63) is 53.6 Å². The summed E-state index contributed by atoms with van der Waals surface area (Å²) in [6, 6.07) is 14.5. The summed E-state index contributed by atoms with van der Waals surface area (Å²) >= 11 is 0. The molecule has 0 amide bonds. The van der Waals surface area contributed by atoms with Crippen LogP contribution in [0.15, 0.2) is 42.5 Å². The van der Waals surface area contributed by atoms with Gasteiger partial charge in [-0.05, 0) is 60.1 Å². The smallest absolute Gasteiger partial charge is 0.115 e. The number of hydrogen-bond donors (Lipinski definition) is 1. The Morgan fingerprint density at radius 3 is 2.10 bits per heavy atom. The number of phenols is 1. The van der Waals surface area contributed by atoms with E-state index >= 15 is 0 Å². The third kappa shape index (κ3) is 4.10. The Balaban J connectivity index is 2.40. The molecule has 2 aromatic rings. The quantitative estimate of drug-likeness (QED) is 0.686. The van der Waals surface area contributed by atoms with Crippen molar-refractivity contribution >= 4 is 0 Å². The van der Waals surface area contributed by atoms with Crippen LogP contribution in [0.3, 0.4) is 0 Å². The van der Waals surface area contributed by atoms with Crippen LogP contribution < -0.4 is 0 Å². The Bertz CT molecular complexity index is 572. The highest BCUT2D eigenvalue weighted by molar-refractivity contribution is 5.71. The Morgan fingerprint density at radius 2 is 1.38 bits per heavy atom. The normalized spacial score (nSPS) is 10.8. The van der Waals surface area contributed by atoms with E-state index in [1.54, 1.807) is 6.07 Å². The first-order valence-corrected chi connectivity index (χ1v) is 8.16. The molecule has 0 fully saturated rings. The average molecular weight is 282 g/mol. The summed E-state index contributed by atoms with van der Waals surface area (Å²) in [5.41, 5.74) is 5.30. The van der Waals surface area contributed by atoms with Gasteiger partial charge in [0.2, 0.25) is 0 Å². The van der Waals surface area contributed by atoms with Gasteiger partial charge in [-0.15, -0.1) is 0 Å². The van der Waals surface area contributed by atoms with Crippen LogP contribution >= 0.6 is 0 Å². The minimum absolute atomic E-state index is 0.371. The summed E-state index contributed by atoms with van der Waals surface area (Å²) in [5, 5.41) is 9.79. The van der Waals surface area contributed by atoms with Crippen molar-refractivity contribution in [3.8, 4) is 16.9 Å². The molecule has 2 aromatic carbocycles. The van der Waals surface area contributed by atoms with Crippen molar-refractivity contribution in [2.75, 3.05) is 0 Å². The Labute approximate surface area is 128 Å².